The molecule has 24 heavy (non-hydrogen) atoms. The number of nitrogens with one attached hydrogen (secondary N) is 2. The minimum atomic E-state index is -0.814. The molecule has 0 fully saturated rings. The summed E-state index contributed by atoms with van der Waals surface area (Å²) in [6.45, 7) is 5.53. The second-order valence-corrected chi connectivity index (χ2v) is 6.58. The van der Waals surface area contributed by atoms with Crippen LogP contribution in [-0.4, -0.2) is 28.1 Å². The van der Waals surface area contributed by atoms with Crippen LogP contribution in [0.2, 0.25) is 0 Å². The summed E-state index contributed by atoms with van der Waals surface area (Å²) in [5, 5.41) is 14.2. The maximum Gasteiger partial charge on any atom is 0.254 e. The van der Waals surface area contributed by atoms with Gasteiger partial charge in [0.2, 0.25) is 11.0 Å². The van der Waals surface area contributed by atoms with Crippen molar-refractivity contribution in [3.8, 4) is 0 Å². The summed E-state index contributed by atoms with van der Waals surface area (Å²) >= 11 is 1.28. The number of anilines is 1. The summed E-state index contributed by atoms with van der Waals surface area (Å²) in [6, 6.07) is 4.83. The highest BCUT2D eigenvalue weighted by molar-refractivity contribution is 7.15. The molecule has 6 nitrogen and oxygen atoms in total. The maximum absolute atomic E-state index is 13.7. The van der Waals surface area contributed by atoms with Crippen LogP contribution in [0.5, 0.6) is 0 Å². The molecule has 1 heterocycles. The number of carbonyl (C=O) groups excluding carboxylic acids is 2. The summed E-state index contributed by atoms with van der Waals surface area (Å²) in [5.41, 5.74) is -0.0971. The molecule has 2 aromatic rings. The molecule has 2 amide bonds. The van der Waals surface area contributed by atoms with Gasteiger partial charge in [0, 0.05) is 0 Å². The van der Waals surface area contributed by atoms with Crippen molar-refractivity contribution in [2.45, 2.75) is 33.2 Å². The normalized spacial score (nSPS) is 12.0. The van der Waals surface area contributed by atoms with E-state index in [0.717, 1.165) is 11.4 Å². The molecule has 0 spiro atoms. The summed E-state index contributed by atoms with van der Waals surface area (Å²) < 4.78 is 13.7. The van der Waals surface area contributed by atoms with Crippen molar-refractivity contribution in [3.63, 3.8) is 0 Å². The number of hydrogen-bond donors (Lipinski definition) is 2. The zero-order valence-corrected chi connectivity index (χ0v) is 14.5. The number of amides is 2. The van der Waals surface area contributed by atoms with Gasteiger partial charge in [-0.1, -0.05) is 44.2 Å². The van der Waals surface area contributed by atoms with Gasteiger partial charge in [-0.2, -0.15) is 0 Å². The number of aryl methyl sites for hydroxylation is 1. The molecule has 0 saturated carbocycles. The van der Waals surface area contributed by atoms with Gasteiger partial charge >= 0.3 is 0 Å². The highest BCUT2D eigenvalue weighted by Crippen LogP contribution is 2.17. The first kappa shape index (κ1) is 18.0. The van der Waals surface area contributed by atoms with E-state index in [0.29, 0.717) is 5.13 Å². The number of benzene rings is 1. The van der Waals surface area contributed by atoms with Crippen LogP contribution in [0.25, 0.3) is 0 Å². The summed E-state index contributed by atoms with van der Waals surface area (Å²) in [7, 11) is 0. The van der Waals surface area contributed by atoms with Crippen molar-refractivity contribution in [3.05, 3.63) is 40.7 Å². The maximum atomic E-state index is 13.7. The number of aromatic nitrogens is 2. The van der Waals surface area contributed by atoms with Gasteiger partial charge in [0.1, 0.15) is 16.9 Å². The fourth-order valence-corrected chi connectivity index (χ4v) is 2.71. The van der Waals surface area contributed by atoms with Crippen LogP contribution in [0.3, 0.4) is 0 Å². The van der Waals surface area contributed by atoms with Crippen LogP contribution in [0.4, 0.5) is 9.52 Å². The standard InChI is InChI=1S/C16H19FN4O2S/c1-4-12-20-21-16(24-12)19-15(23)13(9(2)3)18-14(22)10-7-5-6-8-11(10)17/h5-9,13H,4H2,1-3H3,(H,18,22)(H,19,21,23)/t13-/m1/s1. The molecule has 1 aromatic heterocycles. The fourth-order valence-electron chi connectivity index (χ4n) is 2.03. The number of hydrogen-bond acceptors (Lipinski definition) is 5. The molecule has 0 unspecified atom stereocenters. The highest BCUT2D eigenvalue weighted by atomic mass is 32.1. The largest absolute Gasteiger partial charge is 0.340 e. The lowest BCUT2D eigenvalue weighted by Gasteiger charge is -2.21. The molecule has 0 radical (unpaired) electrons. The van der Waals surface area contributed by atoms with Crippen LogP contribution < -0.4 is 10.6 Å². The number of carbonyl (C=O) groups is 2. The minimum Gasteiger partial charge on any atom is -0.340 e. The topological polar surface area (TPSA) is 84.0 Å². The number of rotatable bonds is 6. The van der Waals surface area contributed by atoms with Gasteiger partial charge in [-0.25, -0.2) is 4.39 Å². The van der Waals surface area contributed by atoms with Crippen molar-refractivity contribution in [1.82, 2.24) is 15.5 Å². The SMILES string of the molecule is CCc1nnc(NC(=O)[C@H](NC(=O)c2ccccc2F)C(C)C)s1. The Hall–Kier alpha value is -2.35. The van der Waals surface area contributed by atoms with Crippen LogP contribution in [0, 0.1) is 11.7 Å². The average Bonchev–Trinajstić information content (AvgIpc) is 3.00. The Morgan fingerprint density at radius 3 is 2.54 bits per heavy atom. The van der Waals surface area contributed by atoms with Crippen LogP contribution in [-0.2, 0) is 11.2 Å². The predicted molar refractivity (Wildman–Crippen MR) is 90.4 cm³/mol. The fraction of sp³-hybridized carbons (Fsp3) is 0.375. The molecule has 0 saturated heterocycles. The molecule has 0 bridgehead atoms. The van der Waals surface area contributed by atoms with Crippen molar-refractivity contribution in [2.75, 3.05) is 5.32 Å². The quantitative estimate of drug-likeness (QED) is 0.839. The lowest BCUT2D eigenvalue weighted by molar-refractivity contribution is -0.118. The molecule has 8 heteroatoms. The Bertz CT molecular complexity index is 732. The van der Waals surface area contributed by atoms with Gasteiger partial charge in [-0.05, 0) is 24.5 Å². The predicted octanol–water partition coefficient (Wildman–Crippen LogP) is 2.63. The second kappa shape index (κ2) is 7.96. The third kappa shape index (κ3) is 4.35. The van der Waals surface area contributed by atoms with Gasteiger partial charge in [0.25, 0.3) is 5.91 Å². The Balaban J connectivity index is 2.09. The monoisotopic (exact) mass is 350 g/mol. The van der Waals surface area contributed by atoms with Gasteiger partial charge in [-0.3, -0.25) is 14.9 Å². The molecular formula is C16H19FN4O2S. The Morgan fingerprint density at radius 1 is 1.25 bits per heavy atom. The van der Waals surface area contributed by atoms with Crippen LogP contribution in [0.1, 0.15) is 36.1 Å². The summed E-state index contributed by atoms with van der Waals surface area (Å²) in [5.74, 6) is -1.85. The first-order valence-corrected chi connectivity index (χ1v) is 8.42. The molecule has 0 aliphatic carbocycles. The number of halogens is 1. The summed E-state index contributed by atoms with van der Waals surface area (Å²) in [4.78, 5) is 24.7. The van der Waals surface area contributed by atoms with Gasteiger partial charge in [0.05, 0.1) is 5.56 Å². The molecule has 2 rings (SSSR count). The van der Waals surface area contributed by atoms with E-state index < -0.39 is 23.7 Å². The number of nitrogens with zero attached hydrogens (tertiary/aromatic N) is 2. The Morgan fingerprint density at radius 2 is 1.96 bits per heavy atom. The first-order chi connectivity index (χ1) is 11.4. The van der Waals surface area contributed by atoms with Crippen LogP contribution in [0.15, 0.2) is 24.3 Å². The average molecular weight is 350 g/mol. The van der Waals surface area contributed by atoms with E-state index in [2.05, 4.69) is 20.8 Å². The van der Waals surface area contributed by atoms with Crippen molar-refractivity contribution in [2.24, 2.45) is 5.92 Å². The van der Waals surface area contributed by atoms with Gasteiger partial charge in [0.15, 0.2) is 0 Å². The minimum absolute atomic E-state index is 0.0971. The molecule has 0 aliphatic rings. The Labute approximate surface area is 143 Å². The molecule has 2 N–H and O–H groups in total. The van der Waals surface area contributed by atoms with E-state index >= 15 is 0 Å². The van der Waals surface area contributed by atoms with E-state index in [4.69, 9.17) is 0 Å². The Kier molecular flexibility index (Phi) is 5.97. The zero-order chi connectivity index (χ0) is 17.7. The highest BCUT2D eigenvalue weighted by Gasteiger charge is 2.26. The molecular weight excluding hydrogens is 331 g/mol. The van der Waals surface area contributed by atoms with Crippen molar-refractivity contribution in [1.29, 1.82) is 0 Å². The van der Waals surface area contributed by atoms with Crippen molar-refractivity contribution >= 4 is 28.3 Å². The third-order valence-electron chi connectivity index (χ3n) is 3.35. The first-order valence-electron chi connectivity index (χ1n) is 7.61. The summed E-state index contributed by atoms with van der Waals surface area (Å²) in [6.07, 6.45) is 0.727. The molecule has 1 atom stereocenters. The van der Waals surface area contributed by atoms with E-state index in [1.807, 2.05) is 6.92 Å². The van der Waals surface area contributed by atoms with Crippen LogP contribution >= 0.6 is 11.3 Å². The van der Waals surface area contributed by atoms with Gasteiger partial charge in [-0.15, -0.1) is 10.2 Å². The van der Waals surface area contributed by atoms with Crippen molar-refractivity contribution < 1.29 is 14.0 Å². The van der Waals surface area contributed by atoms with E-state index in [9.17, 15) is 14.0 Å². The third-order valence-corrected chi connectivity index (χ3v) is 4.34. The molecule has 1 aromatic carbocycles. The molecule has 0 aliphatic heterocycles. The van der Waals surface area contributed by atoms with E-state index in [-0.39, 0.29) is 11.5 Å². The zero-order valence-electron chi connectivity index (χ0n) is 13.7. The van der Waals surface area contributed by atoms with E-state index in [1.165, 1.54) is 29.5 Å². The lowest BCUT2D eigenvalue weighted by atomic mass is 10.0. The molecule has 128 valence electrons. The van der Waals surface area contributed by atoms with Gasteiger partial charge < -0.3 is 5.32 Å². The lowest BCUT2D eigenvalue weighted by Crippen LogP contribution is -2.47. The van der Waals surface area contributed by atoms with E-state index in [1.54, 1.807) is 19.9 Å². The second-order valence-electron chi connectivity index (χ2n) is 5.52. The smallest absolute Gasteiger partial charge is 0.254 e.